The summed E-state index contributed by atoms with van der Waals surface area (Å²) in [7, 11) is 1.29. The highest BCUT2D eigenvalue weighted by molar-refractivity contribution is 14.2. The van der Waals surface area contributed by atoms with Gasteiger partial charge in [0.1, 0.15) is 6.04 Å². The topological polar surface area (TPSA) is 99.3 Å². The summed E-state index contributed by atoms with van der Waals surface area (Å²) in [5.41, 5.74) is 0. The minimum atomic E-state index is -0.617. The van der Waals surface area contributed by atoms with Gasteiger partial charge in [0, 0.05) is 40.7 Å². The lowest BCUT2D eigenvalue weighted by atomic mass is 10.1. The number of unbranched alkanes of at least 4 members (excludes halogenated alkanes) is 1. The summed E-state index contributed by atoms with van der Waals surface area (Å²) in [4.78, 5) is 36.1. The van der Waals surface area contributed by atoms with E-state index in [1.54, 1.807) is 6.92 Å². The number of carbonyl (C=O) groups is 3. The molecule has 0 aliphatic carbocycles. The fourth-order valence-corrected chi connectivity index (χ4v) is 3.16. The van der Waals surface area contributed by atoms with Gasteiger partial charge < -0.3 is 16.0 Å². The number of hydrogen-bond acceptors (Lipinski definition) is 5. The molecule has 0 aliphatic rings. The summed E-state index contributed by atoms with van der Waals surface area (Å²) >= 11 is 2.03. The number of carbonyl (C=O) groups excluding carboxylic acids is 3. The highest BCUT2D eigenvalue weighted by Gasteiger charge is 2.23. The minimum absolute atomic E-state index is 0.0609. The van der Waals surface area contributed by atoms with E-state index in [4.69, 9.17) is 0 Å². The van der Waals surface area contributed by atoms with Crippen molar-refractivity contribution in [2.24, 2.45) is 5.92 Å². The van der Waals surface area contributed by atoms with Crippen molar-refractivity contribution >= 4 is 48.0 Å². The lowest BCUT2D eigenvalue weighted by molar-refractivity contribution is -0.129. The van der Waals surface area contributed by atoms with Gasteiger partial charge in [0.05, 0.1) is 6.04 Å². The van der Waals surface area contributed by atoms with Crippen LogP contribution in [0.4, 0.5) is 0 Å². The van der Waals surface area contributed by atoms with Gasteiger partial charge in [0.2, 0.25) is 17.7 Å². The first-order valence-electron chi connectivity index (χ1n) is 8.69. The Kier molecular flexibility index (Phi) is 14.3. The standard InChI is InChI=1S/C16H31IN4O3S/c1-5-6-9-18-14(22)8-7-13(21-25-17)16(24)20-12(4)15(23)19-10-11(2)3/h11-13,21H,5-10H2,1-4H3,(H,18,22)(H,19,23)(H,20,24)/t12-,13-/m0/s1. The van der Waals surface area contributed by atoms with E-state index in [0.29, 0.717) is 25.4 Å². The summed E-state index contributed by atoms with van der Waals surface area (Å²) in [5, 5.41) is 8.33. The largest absolute Gasteiger partial charge is 0.356 e. The average molecular weight is 486 g/mol. The zero-order valence-electron chi connectivity index (χ0n) is 15.5. The Bertz CT molecular complexity index is 424. The van der Waals surface area contributed by atoms with Crippen molar-refractivity contribution in [1.82, 2.24) is 20.7 Å². The van der Waals surface area contributed by atoms with Crippen LogP contribution in [0.25, 0.3) is 0 Å². The van der Waals surface area contributed by atoms with Crippen LogP contribution in [0.5, 0.6) is 0 Å². The molecule has 3 amide bonds. The molecule has 25 heavy (non-hydrogen) atoms. The van der Waals surface area contributed by atoms with Gasteiger partial charge in [0.25, 0.3) is 0 Å². The molecule has 0 aliphatic heterocycles. The molecule has 2 atom stereocenters. The molecule has 0 saturated heterocycles. The van der Waals surface area contributed by atoms with Crippen molar-refractivity contribution < 1.29 is 14.4 Å². The molecule has 9 heteroatoms. The van der Waals surface area contributed by atoms with Gasteiger partial charge in [-0.3, -0.25) is 14.4 Å². The molecule has 0 rings (SSSR count). The molecule has 146 valence electrons. The number of halogens is 1. The Morgan fingerprint density at radius 1 is 1.08 bits per heavy atom. The van der Waals surface area contributed by atoms with Crippen LogP contribution in [-0.4, -0.2) is 42.9 Å². The maximum atomic E-state index is 12.4. The molecule has 4 N–H and O–H groups in total. The number of nitrogens with one attached hydrogen (secondary N) is 4. The van der Waals surface area contributed by atoms with Crippen LogP contribution in [0.1, 0.15) is 53.4 Å². The maximum Gasteiger partial charge on any atom is 0.242 e. The van der Waals surface area contributed by atoms with Gasteiger partial charge in [-0.2, -0.15) is 0 Å². The van der Waals surface area contributed by atoms with Gasteiger partial charge in [-0.15, -0.1) is 0 Å². The molecule has 0 bridgehead atoms. The monoisotopic (exact) mass is 486 g/mol. The second-order valence-corrected chi connectivity index (χ2v) is 8.07. The Morgan fingerprint density at radius 2 is 1.76 bits per heavy atom. The second kappa shape index (κ2) is 14.6. The van der Waals surface area contributed by atoms with E-state index in [-0.39, 0.29) is 24.1 Å². The predicted octanol–water partition coefficient (Wildman–Crippen LogP) is 1.92. The van der Waals surface area contributed by atoms with Crippen molar-refractivity contribution in [3.63, 3.8) is 0 Å². The zero-order chi connectivity index (χ0) is 19.2. The molecule has 0 aromatic rings. The molecule has 0 heterocycles. The first kappa shape index (κ1) is 24.5. The third-order valence-electron chi connectivity index (χ3n) is 3.45. The summed E-state index contributed by atoms with van der Waals surface area (Å²) in [5.74, 6) is -0.199. The molecule has 0 spiro atoms. The summed E-state index contributed by atoms with van der Waals surface area (Å²) in [6.45, 7) is 8.96. The van der Waals surface area contributed by atoms with Gasteiger partial charge in [-0.1, -0.05) is 27.2 Å². The predicted molar refractivity (Wildman–Crippen MR) is 111 cm³/mol. The molecule has 0 unspecified atom stereocenters. The van der Waals surface area contributed by atoms with Crippen molar-refractivity contribution in [2.75, 3.05) is 13.1 Å². The van der Waals surface area contributed by atoms with Crippen LogP contribution in [0.15, 0.2) is 0 Å². The third-order valence-corrected chi connectivity index (χ3v) is 4.59. The number of amides is 3. The molecule has 0 aromatic carbocycles. The normalized spacial score (nSPS) is 13.2. The maximum absolute atomic E-state index is 12.4. The van der Waals surface area contributed by atoms with Crippen LogP contribution in [0, 0.1) is 5.92 Å². The van der Waals surface area contributed by atoms with Gasteiger partial charge >= 0.3 is 0 Å². The van der Waals surface area contributed by atoms with Crippen molar-refractivity contribution in [1.29, 1.82) is 0 Å². The summed E-state index contributed by atoms with van der Waals surface area (Å²) < 4.78 is 2.98. The van der Waals surface area contributed by atoms with E-state index in [1.165, 1.54) is 9.12 Å². The summed E-state index contributed by atoms with van der Waals surface area (Å²) in [6, 6.07) is -1.15. The number of rotatable bonds is 13. The first-order valence-corrected chi connectivity index (χ1v) is 12.1. The Hall–Kier alpha value is -0.550. The van der Waals surface area contributed by atoms with E-state index in [1.807, 2.05) is 35.1 Å². The van der Waals surface area contributed by atoms with Crippen LogP contribution in [-0.2, 0) is 14.4 Å². The SMILES string of the molecule is CCCCNC(=O)CC[C@H](NSI)C(=O)N[C@@H](C)C(=O)NCC(C)C. The van der Waals surface area contributed by atoms with E-state index >= 15 is 0 Å². The van der Waals surface area contributed by atoms with E-state index in [2.05, 4.69) is 27.6 Å². The zero-order valence-corrected chi connectivity index (χ0v) is 18.5. The Labute approximate surface area is 167 Å². The highest BCUT2D eigenvalue weighted by atomic mass is 127. The van der Waals surface area contributed by atoms with Gasteiger partial charge in [-0.05, 0) is 34.8 Å². The van der Waals surface area contributed by atoms with Crippen molar-refractivity contribution in [3.05, 3.63) is 0 Å². The molecular formula is C16H31IN4O3S. The number of hydrogen-bond donors (Lipinski definition) is 4. The fourth-order valence-electron chi connectivity index (χ4n) is 1.90. The van der Waals surface area contributed by atoms with Crippen molar-refractivity contribution in [2.45, 2.75) is 65.5 Å². The second-order valence-electron chi connectivity index (χ2n) is 6.36. The van der Waals surface area contributed by atoms with Crippen molar-refractivity contribution in [3.8, 4) is 0 Å². The lowest BCUT2D eigenvalue weighted by Crippen LogP contribution is -2.51. The molecule has 0 fully saturated rings. The Balaban J connectivity index is 4.38. The van der Waals surface area contributed by atoms with Gasteiger partial charge in [0.15, 0.2) is 0 Å². The first-order chi connectivity index (χ1) is 11.8. The fraction of sp³-hybridized carbons (Fsp3) is 0.812. The molecule has 0 aromatic heterocycles. The lowest BCUT2D eigenvalue weighted by Gasteiger charge is -2.20. The third kappa shape index (κ3) is 12.4. The minimum Gasteiger partial charge on any atom is -0.356 e. The smallest absolute Gasteiger partial charge is 0.242 e. The average Bonchev–Trinajstić information content (AvgIpc) is 2.56. The van der Waals surface area contributed by atoms with Crippen LogP contribution in [0.3, 0.4) is 0 Å². The quantitative estimate of drug-likeness (QED) is 0.181. The van der Waals surface area contributed by atoms with Crippen LogP contribution in [0.2, 0.25) is 0 Å². The van der Waals surface area contributed by atoms with Crippen LogP contribution < -0.4 is 20.7 Å². The van der Waals surface area contributed by atoms with Crippen LogP contribution >= 0.6 is 30.3 Å². The summed E-state index contributed by atoms with van der Waals surface area (Å²) in [6.07, 6.45) is 2.61. The van der Waals surface area contributed by atoms with E-state index in [9.17, 15) is 14.4 Å². The highest BCUT2D eigenvalue weighted by Crippen LogP contribution is 2.10. The molecule has 7 nitrogen and oxygen atoms in total. The molecule has 0 radical (unpaired) electrons. The van der Waals surface area contributed by atoms with E-state index < -0.39 is 12.1 Å². The van der Waals surface area contributed by atoms with Gasteiger partial charge in [-0.25, -0.2) is 4.72 Å². The molecule has 0 saturated carbocycles. The molecular weight excluding hydrogens is 455 g/mol. The van der Waals surface area contributed by atoms with E-state index in [0.717, 1.165) is 12.8 Å². The Morgan fingerprint density at radius 3 is 2.32 bits per heavy atom.